The molecule has 1 aromatic carbocycles. The molecule has 0 fully saturated rings. The predicted molar refractivity (Wildman–Crippen MR) is 68.2 cm³/mol. The van der Waals surface area contributed by atoms with Gasteiger partial charge in [-0.2, -0.15) is 0 Å². The van der Waals surface area contributed by atoms with Gasteiger partial charge in [-0.25, -0.2) is 9.97 Å². The van der Waals surface area contributed by atoms with E-state index < -0.39 is 5.97 Å². The Morgan fingerprint density at radius 2 is 1.94 bits per heavy atom. The van der Waals surface area contributed by atoms with E-state index in [0.29, 0.717) is 12.2 Å². The van der Waals surface area contributed by atoms with Gasteiger partial charge in [-0.3, -0.25) is 4.79 Å². The molecular weight excluding hydrogens is 228 g/mol. The van der Waals surface area contributed by atoms with E-state index in [2.05, 4.69) is 9.97 Å². The van der Waals surface area contributed by atoms with E-state index in [9.17, 15) is 4.79 Å². The molecule has 0 bridgehead atoms. The largest absolute Gasteiger partial charge is 0.481 e. The fraction of sp³-hybridized carbons (Fsp3) is 0.214. The number of rotatable bonds is 4. The Bertz CT molecular complexity index is 550. The first-order valence-electron chi connectivity index (χ1n) is 5.76. The summed E-state index contributed by atoms with van der Waals surface area (Å²) >= 11 is 0. The summed E-state index contributed by atoms with van der Waals surface area (Å²) in [5, 5.41) is 8.65. The van der Waals surface area contributed by atoms with Gasteiger partial charge in [-0.05, 0) is 13.0 Å². The van der Waals surface area contributed by atoms with E-state index in [1.165, 1.54) is 5.56 Å². The molecular formula is C14H14N2O2. The normalized spacial score (nSPS) is 10.3. The number of hydrogen-bond donors (Lipinski definition) is 1. The summed E-state index contributed by atoms with van der Waals surface area (Å²) in [6, 6.07) is 9.68. The Hall–Kier alpha value is -2.23. The van der Waals surface area contributed by atoms with E-state index in [0.717, 1.165) is 11.3 Å². The fourth-order valence-corrected chi connectivity index (χ4v) is 1.61. The first-order valence-corrected chi connectivity index (χ1v) is 5.76. The average Bonchev–Trinajstić information content (AvgIpc) is 2.37. The Morgan fingerprint density at radius 1 is 1.22 bits per heavy atom. The van der Waals surface area contributed by atoms with Crippen molar-refractivity contribution in [3.05, 3.63) is 47.8 Å². The van der Waals surface area contributed by atoms with E-state index in [4.69, 9.17) is 5.11 Å². The highest BCUT2D eigenvalue weighted by Crippen LogP contribution is 2.15. The molecule has 0 unspecified atom stereocenters. The maximum Gasteiger partial charge on any atom is 0.303 e. The number of hydrogen-bond acceptors (Lipinski definition) is 3. The summed E-state index contributed by atoms with van der Waals surface area (Å²) in [4.78, 5) is 19.1. The number of nitrogens with zero attached hydrogens (tertiary/aromatic N) is 2. The van der Waals surface area contributed by atoms with Gasteiger partial charge in [0.15, 0.2) is 5.82 Å². The van der Waals surface area contributed by atoms with Crippen LogP contribution in [0.1, 0.15) is 17.7 Å². The molecule has 2 aromatic rings. The number of aryl methyl sites for hydroxylation is 2. The number of aliphatic carboxylic acids is 1. The summed E-state index contributed by atoms with van der Waals surface area (Å²) in [5.41, 5.74) is 2.88. The maximum absolute atomic E-state index is 10.5. The van der Waals surface area contributed by atoms with Crippen LogP contribution in [0.15, 0.2) is 36.5 Å². The maximum atomic E-state index is 10.5. The van der Waals surface area contributed by atoms with Gasteiger partial charge in [0.1, 0.15) is 0 Å². The van der Waals surface area contributed by atoms with Crippen molar-refractivity contribution in [2.45, 2.75) is 19.8 Å². The number of benzene rings is 1. The molecule has 4 heteroatoms. The lowest BCUT2D eigenvalue weighted by atomic mass is 10.1. The first-order chi connectivity index (χ1) is 8.65. The third-order valence-corrected chi connectivity index (χ3v) is 2.62. The van der Waals surface area contributed by atoms with Crippen molar-refractivity contribution >= 4 is 5.97 Å². The summed E-state index contributed by atoms with van der Waals surface area (Å²) in [6.07, 6.45) is 2.18. The van der Waals surface area contributed by atoms with Gasteiger partial charge in [0.25, 0.3) is 0 Å². The molecule has 4 nitrogen and oxygen atoms in total. The number of carbonyl (C=O) groups is 1. The molecule has 1 aromatic heterocycles. The van der Waals surface area contributed by atoms with E-state index in [-0.39, 0.29) is 6.42 Å². The van der Waals surface area contributed by atoms with Crippen molar-refractivity contribution in [2.24, 2.45) is 0 Å². The molecule has 0 amide bonds. The molecule has 0 spiro atoms. The van der Waals surface area contributed by atoms with Crippen molar-refractivity contribution in [2.75, 3.05) is 0 Å². The van der Waals surface area contributed by atoms with Crippen molar-refractivity contribution in [3.63, 3.8) is 0 Å². The van der Waals surface area contributed by atoms with Crippen LogP contribution in [0.4, 0.5) is 0 Å². The highest BCUT2D eigenvalue weighted by Gasteiger charge is 2.04. The highest BCUT2D eigenvalue weighted by molar-refractivity contribution is 5.67. The lowest BCUT2D eigenvalue weighted by Gasteiger charge is -2.03. The molecule has 0 aliphatic carbocycles. The van der Waals surface area contributed by atoms with Crippen LogP contribution in [0.25, 0.3) is 11.4 Å². The second kappa shape index (κ2) is 5.40. The quantitative estimate of drug-likeness (QED) is 0.894. The number of carboxylic acids is 1. The summed E-state index contributed by atoms with van der Waals surface area (Å²) < 4.78 is 0. The third-order valence-electron chi connectivity index (χ3n) is 2.62. The zero-order valence-corrected chi connectivity index (χ0v) is 10.1. The van der Waals surface area contributed by atoms with Crippen molar-refractivity contribution in [3.8, 4) is 11.4 Å². The molecule has 92 valence electrons. The van der Waals surface area contributed by atoms with Gasteiger partial charge < -0.3 is 5.11 Å². The molecule has 0 saturated carbocycles. The van der Waals surface area contributed by atoms with Gasteiger partial charge in [0, 0.05) is 23.9 Å². The molecule has 0 radical (unpaired) electrons. The lowest BCUT2D eigenvalue weighted by Crippen LogP contribution is -2.00. The van der Waals surface area contributed by atoms with Gasteiger partial charge in [-0.1, -0.05) is 29.8 Å². The fourth-order valence-electron chi connectivity index (χ4n) is 1.61. The SMILES string of the molecule is Cc1ccc(-c2nccc(CCC(=O)O)n2)cc1. The molecule has 0 saturated heterocycles. The second-order valence-corrected chi connectivity index (χ2v) is 4.13. The van der Waals surface area contributed by atoms with E-state index in [1.807, 2.05) is 31.2 Å². The van der Waals surface area contributed by atoms with Gasteiger partial charge >= 0.3 is 5.97 Å². The minimum Gasteiger partial charge on any atom is -0.481 e. The van der Waals surface area contributed by atoms with Gasteiger partial charge in [0.05, 0.1) is 6.42 Å². The number of carboxylic acid groups (broad SMARTS) is 1. The van der Waals surface area contributed by atoms with Crippen LogP contribution in [0.2, 0.25) is 0 Å². The second-order valence-electron chi connectivity index (χ2n) is 4.13. The van der Waals surface area contributed by atoms with Crippen LogP contribution in [-0.4, -0.2) is 21.0 Å². The molecule has 1 heterocycles. The standard InChI is InChI=1S/C14H14N2O2/c1-10-2-4-11(5-3-10)14-15-9-8-12(16-14)6-7-13(17)18/h2-5,8-9H,6-7H2,1H3,(H,17,18). The molecule has 0 aliphatic heterocycles. The topological polar surface area (TPSA) is 63.1 Å². The van der Waals surface area contributed by atoms with Gasteiger partial charge in [-0.15, -0.1) is 0 Å². The van der Waals surface area contributed by atoms with Crippen LogP contribution in [0.5, 0.6) is 0 Å². The minimum atomic E-state index is -0.814. The minimum absolute atomic E-state index is 0.0876. The summed E-state index contributed by atoms with van der Waals surface area (Å²) in [6.45, 7) is 2.02. The summed E-state index contributed by atoms with van der Waals surface area (Å²) in [5.74, 6) is -0.177. The third kappa shape index (κ3) is 3.13. The van der Waals surface area contributed by atoms with Crippen LogP contribution in [0, 0.1) is 6.92 Å². The zero-order chi connectivity index (χ0) is 13.0. The van der Waals surface area contributed by atoms with Gasteiger partial charge in [0.2, 0.25) is 0 Å². The highest BCUT2D eigenvalue weighted by atomic mass is 16.4. The van der Waals surface area contributed by atoms with Crippen LogP contribution >= 0.6 is 0 Å². The summed E-state index contributed by atoms with van der Waals surface area (Å²) in [7, 11) is 0. The molecule has 0 atom stereocenters. The van der Waals surface area contributed by atoms with E-state index >= 15 is 0 Å². The average molecular weight is 242 g/mol. The molecule has 0 aliphatic rings. The van der Waals surface area contributed by atoms with Crippen molar-refractivity contribution in [1.29, 1.82) is 0 Å². The van der Waals surface area contributed by atoms with Crippen LogP contribution < -0.4 is 0 Å². The Labute approximate surface area is 105 Å². The smallest absolute Gasteiger partial charge is 0.303 e. The lowest BCUT2D eigenvalue weighted by molar-refractivity contribution is -0.136. The molecule has 2 rings (SSSR count). The Balaban J connectivity index is 2.21. The van der Waals surface area contributed by atoms with Crippen LogP contribution in [0.3, 0.4) is 0 Å². The Morgan fingerprint density at radius 3 is 2.61 bits per heavy atom. The molecule has 1 N–H and O–H groups in total. The monoisotopic (exact) mass is 242 g/mol. The van der Waals surface area contributed by atoms with E-state index in [1.54, 1.807) is 12.3 Å². The predicted octanol–water partition coefficient (Wildman–Crippen LogP) is 2.47. The van der Waals surface area contributed by atoms with Crippen LogP contribution in [-0.2, 0) is 11.2 Å². The number of aromatic nitrogens is 2. The first kappa shape index (κ1) is 12.2. The molecule has 18 heavy (non-hydrogen) atoms. The zero-order valence-electron chi connectivity index (χ0n) is 10.1. The Kier molecular flexibility index (Phi) is 3.67. The van der Waals surface area contributed by atoms with Crippen molar-refractivity contribution < 1.29 is 9.90 Å². The van der Waals surface area contributed by atoms with Crippen molar-refractivity contribution in [1.82, 2.24) is 9.97 Å².